The maximum absolute atomic E-state index is 4.73. The number of nitrogens with one attached hydrogen (secondary N) is 1. The summed E-state index contributed by atoms with van der Waals surface area (Å²) in [5.74, 6) is 1.68. The molecule has 1 N–H and O–H groups in total. The molecule has 1 aromatic heterocycles. The van der Waals surface area contributed by atoms with Crippen molar-refractivity contribution in [3.63, 3.8) is 0 Å². The van der Waals surface area contributed by atoms with Crippen LogP contribution < -0.4 is 10.2 Å². The molecule has 0 amide bonds. The van der Waals surface area contributed by atoms with Crippen molar-refractivity contribution in [1.29, 1.82) is 0 Å². The molecule has 1 atom stereocenters. The molecule has 122 valence electrons. The summed E-state index contributed by atoms with van der Waals surface area (Å²) >= 11 is 3.56. The Labute approximate surface area is 146 Å². The second-order valence-corrected chi connectivity index (χ2v) is 6.93. The molecule has 1 fully saturated rings. The van der Waals surface area contributed by atoms with E-state index in [-0.39, 0.29) is 0 Å². The van der Waals surface area contributed by atoms with Crippen molar-refractivity contribution in [2.75, 3.05) is 16.8 Å². The molecule has 3 rings (SSSR count). The molecule has 2 heterocycles. The van der Waals surface area contributed by atoms with Gasteiger partial charge >= 0.3 is 0 Å². The number of hydrogen-bond acceptors (Lipinski definition) is 4. The SMILES string of the molecule is CCC1CCCCN1c1ccnc(Nc2ccc(C)c(Br)c2)n1. The Kier molecular flexibility index (Phi) is 5.16. The van der Waals surface area contributed by atoms with Crippen molar-refractivity contribution in [3.05, 3.63) is 40.5 Å². The van der Waals surface area contributed by atoms with Gasteiger partial charge in [-0.05, 0) is 56.4 Å². The summed E-state index contributed by atoms with van der Waals surface area (Å²) in [4.78, 5) is 11.5. The first-order chi connectivity index (χ1) is 11.2. The van der Waals surface area contributed by atoms with Crippen LogP contribution in [0.4, 0.5) is 17.5 Å². The number of aryl methyl sites for hydroxylation is 1. The average molecular weight is 375 g/mol. The van der Waals surface area contributed by atoms with Gasteiger partial charge < -0.3 is 10.2 Å². The lowest BCUT2D eigenvalue weighted by atomic mass is 10.0. The van der Waals surface area contributed by atoms with E-state index in [0.717, 1.165) is 28.9 Å². The smallest absolute Gasteiger partial charge is 0.229 e. The van der Waals surface area contributed by atoms with E-state index in [4.69, 9.17) is 4.98 Å². The summed E-state index contributed by atoms with van der Waals surface area (Å²) in [5.41, 5.74) is 2.20. The zero-order valence-electron chi connectivity index (χ0n) is 13.7. The first-order valence-corrected chi connectivity index (χ1v) is 9.09. The average Bonchev–Trinajstić information content (AvgIpc) is 2.58. The van der Waals surface area contributed by atoms with Gasteiger partial charge in [0.25, 0.3) is 0 Å². The molecule has 0 saturated carbocycles. The largest absolute Gasteiger partial charge is 0.353 e. The maximum atomic E-state index is 4.73. The van der Waals surface area contributed by atoms with Crippen LogP contribution in [0.2, 0.25) is 0 Å². The Bertz CT molecular complexity index is 674. The fourth-order valence-corrected chi connectivity index (χ4v) is 3.47. The van der Waals surface area contributed by atoms with Crippen LogP contribution in [0.15, 0.2) is 34.9 Å². The van der Waals surface area contributed by atoms with E-state index >= 15 is 0 Å². The van der Waals surface area contributed by atoms with Gasteiger partial charge in [0.2, 0.25) is 5.95 Å². The van der Waals surface area contributed by atoms with E-state index in [9.17, 15) is 0 Å². The van der Waals surface area contributed by atoms with Crippen LogP contribution in [0, 0.1) is 6.92 Å². The number of hydrogen-bond donors (Lipinski definition) is 1. The number of halogens is 1. The minimum Gasteiger partial charge on any atom is -0.353 e. The molecule has 0 spiro atoms. The van der Waals surface area contributed by atoms with Crippen LogP contribution in [-0.2, 0) is 0 Å². The van der Waals surface area contributed by atoms with E-state index in [2.05, 4.69) is 57.1 Å². The van der Waals surface area contributed by atoms with Crippen LogP contribution >= 0.6 is 15.9 Å². The monoisotopic (exact) mass is 374 g/mol. The maximum Gasteiger partial charge on any atom is 0.229 e. The molecule has 1 aliphatic rings. The van der Waals surface area contributed by atoms with Gasteiger partial charge in [0.15, 0.2) is 0 Å². The van der Waals surface area contributed by atoms with Crippen molar-refractivity contribution in [2.45, 2.75) is 45.6 Å². The Hall–Kier alpha value is -1.62. The minimum absolute atomic E-state index is 0.597. The molecule has 23 heavy (non-hydrogen) atoms. The number of rotatable bonds is 4. The van der Waals surface area contributed by atoms with E-state index in [0.29, 0.717) is 12.0 Å². The van der Waals surface area contributed by atoms with Crippen molar-refractivity contribution < 1.29 is 0 Å². The minimum atomic E-state index is 0.597. The number of aromatic nitrogens is 2. The number of piperidine rings is 1. The second-order valence-electron chi connectivity index (χ2n) is 6.08. The molecule has 0 radical (unpaired) electrons. The third-order valence-corrected chi connectivity index (χ3v) is 5.32. The molecule has 2 aromatic rings. The normalized spacial score (nSPS) is 18.0. The van der Waals surface area contributed by atoms with Gasteiger partial charge in [-0.3, -0.25) is 0 Å². The Balaban J connectivity index is 1.80. The third-order valence-electron chi connectivity index (χ3n) is 4.46. The molecule has 1 unspecified atom stereocenters. The molecular formula is C18H23BrN4. The molecule has 5 heteroatoms. The highest BCUT2D eigenvalue weighted by molar-refractivity contribution is 9.10. The Morgan fingerprint density at radius 1 is 1.30 bits per heavy atom. The standard InChI is InChI=1S/C18H23BrN4/c1-3-15-6-4-5-11-23(15)17-9-10-20-18(22-17)21-14-8-7-13(2)16(19)12-14/h7-10,12,15H,3-6,11H2,1-2H3,(H,20,21,22). The van der Waals surface area contributed by atoms with Crippen LogP contribution in [0.3, 0.4) is 0 Å². The Morgan fingerprint density at radius 2 is 2.17 bits per heavy atom. The zero-order chi connectivity index (χ0) is 16.2. The fraction of sp³-hybridized carbons (Fsp3) is 0.444. The summed E-state index contributed by atoms with van der Waals surface area (Å²) < 4.78 is 1.08. The quantitative estimate of drug-likeness (QED) is 0.811. The molecule has 1 saturated heterocycles. The fourth-order valence-electron chi connectivity index (χ4n) is 3.10. The first kappa shape index (κ1) is 16.2. The van der Waals surface area contributed by atoms with Gasteiger partial charge in [-0.25, -0.2) is 4.98 Å². The van der Waals surface area contributed by atoms with Gasteiger partial charge in [-0.1, -0.05) is 28.9 Å². The lowest BCUT2D eigenvalue weighted by Crippen LogP contribution is -2.39. The molecular weight excluding hydrogens is 352 g/mol. The number of nitrogens with zero attached hydrogens (tertiary/aromatic N) is 3. The lowest BCUT2D eigenvalue weighted by molar-refractivity contribution is 0.447. The highest BCUT2D eigenvalue weighted by atomic mass is 79.9. The summed E-state index contributed by atoms with van der Waals surface area (Å²) in [6.45, 7) is 5.42. The topological polar surface area (TPSA) is 41.1 Å². The van der Waals surface area contributed by atoms with Crippen molar-refractivity contribution in [2.24, 2.45) is 0 Å². The van der Waals surface area contributed by atoms with Crippen LogP contribution in [0.5, 0.6) is 0 Å². The van der Waals surface area contributed by atoms with Crippen LogP contribution in [0.25, 0.3) is 0 Å². The van der Waals surface area contributed by atoms with Crippen molar-refractivity contribution >= 4 is 33.4 Å². The van der Waals surface area contributed by atoms with E-state index in [1.165, 1.54) is 24.8 Å². The Morgan fingerprint density at radius 3 is 2.96 bits per heavy atom. The predicted octanol–water partition coefficient (Wildman–Crippen LogP) is 5.06. The van der Waals surface area contributed by atoms with Gasteiger partial charge in [0.05, 0.1) is 0 Å². The van der Waals surface area contributed by atoms with Gasteiger partial charge in [0.1, 0.15) is 5.82 Å². The van der Waals surface area contributed by atoms with E-state index in [1.54, 1.807) is 0 Å². The summed E-state index contributed by atoms with van der Waals surface area (Å²) in [5, 5.41) is 3.31. The van der Waals surface area contributed by atoms with Crippen molar-refractivity contribution in [3.8, 4) is 0 Å². The summed E-state index contributed by atoms with van der Waals surface area (Å²) in [6, 6.07) is 8.80. The zero-order valence-corrected chi connectivity index (χ0v) is 15.3. The van der Waals surface area contributed by atoms with E-state index < -0.39 is 0 Å². The summed E-state index contributed by atoms with van der Waals surface area (Å²) in [6.07, 6.45) is 6.83. The van der Waals surface area contributed by atoms with Crippen LogP contribution in [-0.4, -0.2) is 22.6 Å². The summed E-state index contributed by atoms with van der Waals surface area (Å²) in [7, 11) is 0. The van der Waals surface area contributed by atoms with Crippen molar-refractivity contribution in [1.82, 2.24) is 9.97 Å². The predicted molar refractivity (Wildman–Crippen MR) is 99.5 cm³/mol. The third kappa shape index (κ3) is 3.83. The molecule has 1 aromatic carbocycles. The molecule has 0 bridgehead atoms. The van der Waals surface area contributed by atoms with Gasteiger partial charge in [-0.15, -0.1) is 0 Å². The number of anilines is 3. The highest BCUT2D eigenvalue weighted by Crippen LogP contribution is 2.26. The van der Waals surface area contributed by atoms with Crippen LogP contribution in [0.1, 0.15) is 38.2 Å². The molecule has 0 aliphatic carbocycles. The molecule has 1 aliphatic heterocycles. The second kappa shape index (κ2) is 7.30. The van der Waals surface area contributed by atoms with Gasteiger partial charge in [-0.2, -0.15) is 4.98 Å². The first-order valence-electron chi connectivity index (χ1n) is 8.30. The molecule has 4 nitrogen and oxygen atoms in total. The number of benzene rings is 1. The highest BCUT2D eigenvalue weighted by Gasteiger charge is 2.22. The van der Waals surface area contributed by atoms with Gasteiger partial charge in [0, 0.05) is 28.9 Å². The lowest BCUT2D eigenvalue weighted by Gasteiger charge is -2.36. The van der Waals surface area contributed by atoms with E-state index in [1.807, 2.05) is 18.3 Å².